The predicted octanol–water partition coefficient (Wildman–Crippen LogP) is 3.98. The van der Waals surface area contributed by atoms with E-state index in [0.29, 0.717) is 24.6 Å². The fourth-order valence-electron chi connectivity index (χ4n) is 3.54. The number of amides is 1. The molecule has 3 aromatic rings. The molecule has 8 nitrogen and oxygen atoms in total. The Hall–Kier alpha value is -2.68. The van der Waals surface area contributed by atoms with E-state index in [1.807, 2.05) is 32.2 Å². The average molecular weight is 416 g/mol. The molecule has 0 saturated carbocycles. The van der Waals surface area contributed by atoms with Crippen molar-refractivity contribution in [2.75, 3.05) is 20.2 Å². The van der Waals surface area contributed by atoms with Gasteiger partial charge in [0.05, 0.1) is 35.8 Å². The van der Waals surface area contributed by atoms with Gasteiger partial charge in [-0.15, -0.1) is 11.3 Å². The van der Waals surface area contributed by atoms with Gasteiger partial charge in [0.25, 0.3) is 0 Å². The van der Waals surface area contributed by atoms with Gasteiger partial charge in [-0.2, -0.15) is 9.61 Å². The summed E-state index contributed by atoms with van der Waals surface area (Å²) in [5, 5.41) is 6.40. The SMILES string of the molecule is COc1cc(C2CCCN(C(=O)OC(C)(C)C)C2)nc2c(-c3cscn3)cnn12. The van der Waals surface area contributed by atoms with Gasteiger partial charge in [-0.1, -0.05) is 0 Å². The average Bonchev–Trinajstić information content (AvgIpc) is 3.35. The third-order valence-electron chi connectivity index (χ3n) is 4.87. The van der Waals surface area contributed by atoms with Crippen molar-refractivity contribution in [1.29, 1.82) is 0 Å². The first kappa shape index (κ1) is 19.6. The Morgan fingerprint density at radius 3 is 2.86 bits per heavy atom. The number of fused-ring (bicyclic) bond motifs is 1. The topological polar surface area (TPSA) is 81.8 Å². The lowest BCUT2D eigenvalue weighted by atomic mass is 9.94. The van der Waals surface area contributed by atoms with Crippen molar-refractivity contribution >= 4 is 23.1 Å². The Bertz CT molecular complexity index is 1010. The lowest BCUT2D eigenvalue weighted by Crippen LogP contribution is -2.42. The minimum absolute atomic E-state index is 0.105. The molecule has 3 aromatic heterocycles. The number of piperidine rings is 1. The number of thiazole rings is 1. The highest BCUT2D eigenvalue weighted by atomic mass is 32.1. The minimum atomic E-state index is -0.509. The van der Waals surface area contributed by atoms with Gasteiger partial charge in [-0.05, 0) is 33.6 Å². The van der Waals surface area contributed by atoms with Crippen molar-refractivity contribution in [2.24, 2.45) is 0 Å². The number of aromatic nitrogens is 4. The van der Waals surface area contributed by atoms with Crippen LogP contribution < -0.4 is 4.74 Å². The molecule has 0 radical (unpaired) electrons. The standard InChI is InChI=1S/C20H25N5O3S/c1-20(2,3)28-19(26)24-7-5-6-13(10-24)15-8-17(27-4)25-18(23-15)14(9-22-25)16-11-29-12-21-16/h8-9,11-13H,5-7,10H2,1-4H3. The highest BCUT2D eigenvalue weighted by Gasteiger charge is 2.30. The molecule has 1 aliphatic heterocycles. The lowest BCUT2D eigenvalue weighted by molar-refractivity contribution is 0.0197. The summed E-state index contributed by atoms with van der Waals surface area (Å²) < 4.78 is 12.8. The molecule has 0 aromatic carbocycles. The van der Waals surface area contributed by atoms with Gasteiger partial charge in [0.15, 0.2) is 5.65 Å². The van der Waals surface area contributed by atoms with Crippen molar-refractivity contribution < 1.29 is 14.3 Å². The number of hydrogen-bond acceptors (Lipinski definition) is 7. The summed E-state index contributed by atoms with van der Waals surface area (Å²) >= 11 is 1.53. The Morgan fingerprint density at radius 2 is 2.17 bits per heavy atom. The van der Waals surface area contributed by atoms with E-state index < -0.39 is 5.60 Å². The minimum Gasteiger partial charge on any atom is -0.481 e. The van der Waals surface area contributed by atoms with E-state index in [4.69, 9.17) is 14.5 Å². The molecule has 154 valence electrons. The van der Waals surface area contributed by atoms with E-state index in [0.717, 1.165) is 29.8 Å². The quantitative estimate of drug-likeness (QED) is 0.644. The zero-order valence-corrected chi connectivity index (χ0v) is 17.9. The highest BCUT2D eigenvalue weighted by Crippen LogP contribution is 2.32. The molecule has 1 aliphatic rings. The summed E-state index contributed by atoms with van der Waals surface area (Å²) in [4.78, 5) is 23.6. The fraction of sp³-hybridized carbons (Fsp3) is 0.500. The molecular weight excluding hydrogens is 390 g/mol. The summed E-state index contributed by atoms with van der Waals surface area (Å²) in [7, 11) is 1.62. The molecule has 29 heavy (non-hydrogen) atoms. The molecular formula is C20H25N5O3S. The summed E-state index contributed by atoms with van der Waals surface area (Å²) in [5.41, 5.74) is 4.59. The van der Waals surface area contributed by atoms with Crippen molar-refractivity contribution in [3.05, 3.63) is 28.8 Å². The Balaban J connectivity index is 1.66. The number of carbonyl (C=O) groups excluding carboxylic acids is 1. The molecule has 0 N–H and O–H groups in total. The number of hydrogen-bond donors (Lipinski definition) is 0. The molecule has 0 bridgehead atoms. The van der Waals surface area contributed by atoms with Crippen LogP contribution in [0, 0.1) is 0 Å². The Labute approximate surface area is 173 Å². The molecule has 4 rings (SSSR count). The second-order valence-corrected chi connectivity index (χ2v) is 8.87. The number of methoxy groups -OCH3 is 1. The lowest BCUT2D eigenvalue weighted by Gasteiger charge is -2.34. The van der Waals surface area contributed by atoms with Gasteiger partial charge < -0.3 is 14.4 Å². The molecule has 1 amide bonds. The zero-order valence-electron chi connectivity index (χ0n) is 17.1. The zero-order chi connectivity index (χ0) is 20.6. The monoisotopic (exact) mass is 415 g/mol. The van der Waals surface area contributed by atoms with Crippen LogP contribution in [0.4, 0.5) is 4.79 Å². The first-order valence-electron chi connectivity index (χ1n) is 9.65. The number of nitrogens with zero attached hydrogens (tertiary/aromatic N) is 5. The molecule has 0 aliphatic carbocycles. The third-order valence-corrected chi connectivity index (χ3v) is 5.45. The third kappa shape index (κ3) is 4.05. The summed E-state index contributed by atoms with van der Waals surface area (Å²) in [6.45, 7) is 6.91. The number of ether oxygens (including phenoxy) is 2. The van der Waals surface area contributed by atoms with Crippen LogP contribution in [0.25, 0.3) is 16.9 Å². The largest absolute Gasteiger partial charge is 0.481 e. The van der Waals surface area contributed by atoms with Crippen LogP contribution in [0.5, 0.6) is 5.88 Å². The van der Waals surface area contributed by atoms with E-state index >= 15 is 0 Å². The van der Waals surface area contributed by atoms with Crippen LogP contribution >= 0.6 is 11.3 Å². The number of rotatable bonds is 3. The molecule has 0 spiro atoms. The van der Waals surface area contributed by atoms with Crippen LogP contribution in [0.3, 0.4) is 0 Å². The van der Waals surface area contributed by atoms with E-state index in [-0.39, 0.29) is 12.0 Å². The normalized spacial score (nSPS) is 17.5. The second kappa shape index (κ2) is 7.62. The number of likely N-dealkylation sites (tertiary alicyclic amines) is 1. The van der Waals surface area contributed by atoms with Crippen LogP contribution in [0.1, 0.15) is 45.2 Å². The molecule has 1 fully saturated rings. The maximum absolute atomic E-state index is 12.5. The van der Waals surface area contributed by atoms with E-state index in [9.17, 15) is 4.79 Å². The van der Waals surface area contributed by atoms with Crippen molar-refractivity contribution in [1.82, 2.24) is 24.5 Å². The van der Waals surface area contributed by atoms with Gasteiger partial charge in [0, 0.05) is 30.5 Å². The summed E-state index contributed by atoms with van der Waals surface area (Å²) in [5.74, 6) is 0.717. The van der Waals surface area contributed by atoms with Crippen LogP contribution in [0.2, 0.25) is 0 Å². The summed E-state index contributed by atoms with van der Waals surface area (Å²) in [6.07, 6.45) is 3.34. The van der Waals surface area contributed by atoms with Gasteiger partial charge >= 0.3 is 6.09 Å². The molecule has 1 unspecified atom stereocenters. The van der Waals surface area contributed by atoms with Gasteiger partial charge in [0.2, 0.25) is 5.88 Å². The van der Waals surface area contributed by atoms with Gasteiger partial charge in [-0.25, -0.2) is 14.8 Å². The van der Waals surface area contributed by atoms with E-state index in [1.165, 1.54) is 11.3 Å². The first-order chi connectivity index (χ1) is 13.9. The fourth-order valence-corrected chi connectivity index (χ4v) is 4.10. The van der Waals surface area contributed by atoms with Crippen molar-refractivity contribution in [2.45, 2.75) is 45.1 Å². The predicted molar refractivity (Wildman–Crippen MR) is 110 cm³/mol. The first-order valence-corrected chi connectivity index (χ1v) is 10.6. The van der Waals surface area contributed by atoms with Gasteiger partial charge in [0.1, 0.15) is 5.60 Å². The molecule has 1 saturated heterocycles. The molecule has 9 heteroatoms. The van der Waals surface area contributed by atoms with E-state index in [1.54, 1.807) is 28.2 Å². The number of carbonyl (C=O) groups is 1. The van der Waals surface area contributed by atoms with Crippen molar-refractivity contribution in [3.63, 3.8) is 0 Å². The Kier molecular flexibility index (Phi) is 5.16. The van der Waals surface area contributed by atoms with Crippen molar-refractivity contribution in [3.8, 4) is 17.1 Å². The molecule has 4 heterocycles. The second-order valence-electron chi connectivity index (χ2n) is 8.16. The Morgan fingerprint density at radius 1 is 1.34 bits per heavy atom. The van der Waals surface area contributed by atoms with Crippen LogP contribution in [0.15, 0.2) is 23.2 Å². The van der Waals surface area contributed by atoms with E-state index in [2.05, 4.69) is 10.1 Å². The van der Waals surface area contributed by atoms with Crippen LogP contribution in [-0.2, 0) is 4.74 Å². The highest BCUT2D eigenvalue weighted by molar-refractivity contribution is 7.07. The maximum Gasteiger partial charge on any atom is 0.410 e. The van der Waals surface area contributed by atoms with Gasteiger partial charge in [-0.3, -0.25) is 0 Å². The smallest absolute Gasteiger partial charge is 0.410 e. The molecule has 1 atom stereocenters. The maximum atomic E-state index is 12.5. The van der Waals surface area contributed by atoms with Crippen LogP contribution in [-0.4, -0.2) is 56.4 Å². The summed E-state index contributed by atoms with van der Waals surface area (Å²) in [6, 6.07) is 1.91.